The van der Waals surface area contributed by atoms with E-state index in [9.17, 15) is 4.79 Å². The zero-order valence-electron chi connectivity index (χ0n) is 11.7. The zero-order valence-corrected chi connectivity index (χ0v) is 12.6. The van der Waals surface area contributed by atoms with Crippen LogP contribution in [0.5, 0.6) is 0 Å². The molecular formula is C15H14N4O2S. The number of anilines is 1. The first-order chi connectivity index (χ1) is 10.7. The summed E-state index contributed by atoms with van der Waals surface area (Å²) in [6.07, 6.45) is 7.01. The molecule has 0 fully saturated rings. The second-order valence-corrected chi connectivity index (χ2v) is 6.52. The summed E-state index contributed by atoms with van der Waals surface area (Å²) in [6.45, 7) is 0.640. The molecule has 0 spiro atoms. The van der Waals surface area contributed by atoms with Crippen molar-refractivity contribution in [2.24, 2.45) is 0 Å². The largest absolute Gasteiger partial charge is 0.477 e. The van der Waals surface area contributed by atoms with Crippen molar-refractivity contribution in [2.75, 3.05) is 5.32 Å². The number of thiophene rings is 1. The number of fused-ring (bicyclic) bond motifs is 2. The van der Waals surface area contributed by atoms with Crippen molar-refractivity contribution in [3.8, 4) is 0 Å². The number of hydrogen-bond donors (Lipinski definition) is 2. The summed E-state index contributed by atoms with van der Waals surface area (Å²) in [7, 11) is 0. The first-order valence-corrected chi connectivity index (χ1v) is 7.94. The molecule has 0 saturated carbocycles. The van der Waals surface area contributed by atoms with Crippen molar-refractivity contribution in [2.45, 2.75) is 25.8 Å². The highest BCUT2D eigenvalue weighted by Gasteiger charge is 2.15. The van der Waals surface area contributed by atoms with E-state index in [0.29, 0.717) is 18.1 Å². The molecule has 22 heavy (non-hydrogen) atoms. The first-order valence-electron chi connectivity index (χ1n) is 7.12. The Labute approximate surface area is 130 Å². The third-order valence-electron chi connectivity index (χ3n) is 3.83. The molecule has 3 heterocycles. The van der Waals surface area contributed by atoms with E-state index in [1.54, 1.807) is 16.8 Å². The molecule has 6 nitrogen and oxygen atoms in total. The minimum absolute atomic E-state index is 0.00475. The van der Waals surface area contributed by atoms with Crippen LogP contribution in [0.3, 0.4) is 0 Å². The maximum absolute atomic E-state index is 11.2. The van der Waals surface area contributed by atoms with E-state index in [1.165, 1.54) is 40.6 Å². The SMILES string of the molecule is O=C(O)c1cc2nccn2c(NCc2cc3c(s2)CCC3)n1. The van der Waals surface area contributed by atoms with E-state index in [4.69, 9.17) is 5.11 Å². The lowest BCUT2D eigenvalue weighted by molar-refractivity contribution is 0.0690. The lowest BCUT2D eigenvalue weighted by atomic mass is 10.2. The van der Waals surface area contributed by atoms with Crippen LogP contribution in [0.2, 0.25) is 0 Å². The highest BCUT2D eigenvalue weighted by Crippen LogP contribution is 2.30. The number of aromatic nitrogens is 3. The Balaban J connectivity index is 1.62. The highest BCUT2D eigenvalue weighted by molar-refractivity contribution is 7.12. The predicted molar refractivity (Wildman–Crippen MR) is 83.6 cm³/mol. The number of nitrogens with one attached hydrogen (secondary N) is 1. The Morgan fingerprint density at radius 3 is 3.14 bits per heavy atom. The van der Waals surface area contributed by atoms with Gasteiger partial charge >= 0.3 is 5.97 Å². The van der Waals surface area contributed by atoms with Crippen LogP contribution in [-0.4, -0.2) is 25.4 Å². The van der Waals surface area contributed by atoms with Crippen molar-refractivity contribution in [3.63, 3.8) is 0 Å². The van der Waals surface area contributed by atoms with Crippen LogP contribution in [0.4, 0.5) is 5.95 Å². The molecule has 0 amide bonds. The minimum Gasteiger partial charge on any atom is -0.477 e. The predicted octanol–water partition coefficient (Wildman–Crippen LogP) is 2.59. The van der Waals surface area contributed by atoms with Crippen molar-refractivity contribution in [1.29, 1.82) is 0 Å². The number of aromatic carboxylic acids is 1. The number of nitrogens with zero attached hydrogens (tertiary/aromatic N) is 3. The molecule has 4 rings (SSSR count). The van der Waals surface area contributed by atoms with Gasteiger partial charge in [0, 0.05) is 28.2 Å². The van der Waals surface area contributed by atoms with E-state index >= 15 is 0 Å². The summed E-state index contributed by atoms with van der Waals surface area (Å²) in [5.41, 5.74) is 2.03. The number of rotatable bonds is 4. The van der Waals surface area contributed by atoms with E-state index in [1.807, 2.05) is 11.3 Å². The van der Waals surface area contributed by atoms with Gasteiger partial charge in [-0.1, -0.05) is 0 Å². The molecule has 0 aliphatic heterocycles. The fraction of sp³-hybridized carbons (Fsp3) is 0.267. The molecule has 3 aromatic heterocycles. The van der Waals surface area contributed by atoms with Crippen LogP contribution < -0.4 is 5.32 Å². The van der Waals surface area contributed by atoms with E-state index < -0.39 is 5.97 Å². The zero-order chi connectivity index (χ0) is 15.1. The van der Waals surface area contributed by atoms with Gasteiger partial charge in [-0.2, -0.15) is 0 Å². The Bertz CT molecular complexity index is 846. The number of carboxylic acid groups (broad SMARTS) is 1. The van der Waals surface area contributed by atoms with Gasteiger partial charge in [0.2, 0.25) is 5.95 Å². The monoisotopic (exact) mass is 314 g/mol. The number of carboxylic acids is 1. The van der Waals surface area contributed by atoms with Gasteiger partial charge < -0.3 is 10.4 Å². The fourth-order valence-electron chi connectivity index (χ4n) is 2.80. The molecule has 3 aromatic rings. The van der Waals surface area contributed by atoms with E-state index in [2.05, 4.69) is 21.4 Å². The van der Waals surface area contributed by atoms with Gasteiger partial charge in [-0.05, 0) is 30.9 Å². The molecule has 0 saturated heterocycles. The fourth-order valence-corrected chi connectivity index (χ4v) is 4.00. The summed E-state index contributed by atoms with van der Waals surface area (Å²) in [5, 5.41) is 12.4. The van der Waals surface area contributed by atoms with Gasteiger partial charge in [0.15, 0.2) is 5.69 Å². The molecule has 0 radical (unpaired) electrons. The smallest absolute Gasteiger partial charge is 0.354 e. The van der Waals surface area contributed by atoms with Crippen molar-refractivity contribution >= 4 is 28.9 Å². The molecule has 1 aliphatic rings. The van der Waals surface area contributed by atoms with Crippen molar-refractivity contribution in [1.82, 2.24) is 14.4 Å². The quantitative estimate of drug-likeness (QED) is 0.774. The second kappa shape index (κ2) is 5.10. The number of hydrogen-bond acceptors (Lipinski definition) is 5. The summed E-state index contributed by atoms with van der Waals surface area (Å²) in [4.78, 5) is 22.2. The van der Waals surface area contributed by atoms with Crippen LogP contribution in [0.25, 0.3) is 5.65 Å². The third kappa shape index (κ3) is 2.23. The summed E-state index contributed by atoms with van der Waals surface area (Å²) in [5.74, 6) is -0.551. The van der Waals surface area contributed by atoms with Gasteiger partial charge in [-0.15, -0.1) is 11.3 Å². The van der Waals surface area contributed by atoms with Crippen molar-refractivity contribution in [3.05, 3.63) is 45.5 Å². The van der Waals surface area contributed by atoms with Crippen LogP contribution in [0.15, 0.2) is 24.5 Å². The number of carbonyl (C=O) groups is 1. The molecule has 0 atom stereocenters. The Kier molecular flexibility index (Phi) is 3.07. The molecule has 112 valence electrons. The van der Waals surface area contributed by atoms with Gasteiger partial charge in [0.25, 0.3) is 0 Å². The van der Waals surface area contributed by atoms with E-state index in [0.717, 1.165) is 0 Å². The highest BCUT2D eigenvalue weighted by atomic mass is 32.1. The Morgan fingerprint density at radius 2 is 2.32 bits per heavy atom. The van der Waals surface area contributed by atoms with E-state index in [-0.39, 0.29) is 5.69 Å². The van der Waals surface area contributed by atoms with Crippen molar-refractivity contribution < 1.29 is 9.90 Å². The lowest BCUT2D eigenvalue weighted by Crippen LogP contribution is -2.10. The Morgan fingerprint density at radius 1 is 1.41 bits per heavy atom. The lowest BCUT2D eigenvalue weighted by Gasteiger charge is -2.08. The van der Waals surface area contributed by atoms with Crippen LogP contribution in [-0.2, 0) is 19.4 Å². The molecule has 0 bridgehead atoms. The van der Waals surface area contributed by atoms with Crippen LogP contribution >= 0.6 is 11.3 Å². The topological polar surface area (TPSA) is 79.5 Å². The normalized spacial score (nSPS) is 13.5. The summed E-state index contributed by atoms with van der Waals surface area (Å²) < 4.78 is 1.76. The second-order valence-electron chi connectivity index (χ2n) is 5.29. The average molecular weight is 314 g/mol. The molecule has 0 aromatic carbocycles. The molecule has 1 aliphatic carbocycles. The standard InChI is InChI=1S/C15H14N4O2S/c20-14(21)11-7-13-16-4-5-19(13)15(18-11)17-8-10-6-9-2-1-3-12(9)22-10/h4-7H,1-3,8H2,(H,17,18)(H,20,21). The van der Waals surface area contributed by atoms with Gasteiger partial charge in [0.05, 0.1) is 6.54 Å². The molecule has 7 heteroatoms. The van der Waals surface area contributed by atoms with Crippen LogP contribution in [0.1, 0.15) is 32.2 Å². The minimum atomic E-state index is -1.05. The van der Waals surface area contributed by atoms with Gasteiger partial charge in [0.1, 0.15) is 5.65 Å². The number of aryl methyl sites for hydroxylation is 2. The Hall–Kier alpha value is -2.41. The average Bonchev–Trinajstić information content (AvgIpc) is 3.19. The maximum Gasteiger partial charge on any atom is 0.354 e. The molecule has 0 unspecified atom stereocenters. The first kappa shape index (κ1) is 13.3. The van der Waals surface area contributed by atoms with Gasteiger partial charge in [-0.3, -0.25) is 4.40 Å². The molecule has 2 N–H and O–H groups in total. The number of imidazole rings is 1. The maximum atomic E-state index is 11.2. The van der Waals surface area contributed by atoms with Gasteiger partial charge in [-0.25, -0.2) is 14.8 Å². The van der Waals surface area contributed by atoms with Crippen LogP contribution in [0, 0.1) is 0 Å². The third-order valence-corrected chi connectivity index (χ3v) is 5.06. The summed E-state index contributed by atoms with van der Waals surface area (Å²) >= 11 is 1.83. The molecular weight excluding hydrogens is 300 g/mol. The summed E-state index contributed by atoms with van der Waals surface area (Å²) in [6, 6.07) is 3.71.